The Hall–Kier alpha value is -1.54. The van der Waals surface area contributed by atoms with E-state index in [1.807, 2.05) is 0 Å². The third kappa shape index (κ3) is 6.07. The molecule has 1 aromatic heterocycles. The van der Waals surface area contributed by atoms with Crippen LogP contribution in [-0.4, -0.2) is 48.3 Å². The van der Waals surface area contributed by atoms with Crippen molar-refractivity contribution >= 4 is 5.91 Å². The minimum absolute atomic E-state index is 0.220. The summed E-state index contributed by atoms with van der Waals surface area (Å²) in [7, 11) is 0. The van der Waals surface area contributed by atoms with E-state index < -0.39 is 37.8 Å². The van der Waals surface area contributed by atoms with E-state index in [4.69, 9.17) is 9.52 Å². The molecule has 0 bridgehead atoms. The number of hydrogen-bond acceptors (Lipinski definition) is 4. The highest BCUT2D eigenvalue weighted by Gasteiger charge is 2.31. The van der Waals surface area contributed by atoms with Crippen LogP contribution in [0.15, 0.2) is 22.8 Å². The maximum atomic E-state index is 12.3. The number of alkyl halides is 3. The molecule has 0 aromatic carbocycles. The Balaban J connectivity index is 2.49. The molecule has 0 saturated heterocycles. The van der Waals surface area contributed by atoms with Gasteiger partial charge in [0.25, 0.3) is 0 Å². The topological polar surface area (TPSA) is 65.7 Å². The molecule has 8 heteroatoms. The Morgan fingerprint density at radius 3 is 2.75 bits per heavy atom. The number of furan rings is 1. The molecule has 1 atom stereocenters. The number of hydrogen-bond donors (Lipinski definition) is 2. The summed E-state index contributed by atoms with van der Waals surface area (Å²) < 4.78 is 42.0. The fourth-order valence-corrected chi connectivity index (χ4v) is 1.71. The van der Waals surface area contributed by atoms with E-state index in [9.17, 15) is 18.0 Å². The molecule has 0 aliphatic rings. The quantitative estimate of drug-likeness (QED) is 0.796. The Kier molecular flexibility index (Phi) is 6.03. The predicted octanol–water partition coefficient (Wildman–Crippen LogP) is 1.31. The number of aliphatic hydroxyl groups excluding tert-OH is 1. The third-order valence-electron chi connectivity index (χ3n) is 2.53. The Labute approximate surface area is 114 Å². The van der Waals surface area contributed by atoms with Gasteiger partial charge in [0, 0.05) is 6.54 Å². The third-order valence-corrected chi connectivity index (χ3v) is 2.53. The van der Waals surface area contributed by atoms with Crippen molar-refractivity contribution in [3.8, 4) is 0 Å². The molecule has 1 aromatic rings. The van der Waals surface area contributed by atoms with Crippen LogP contribution >= 0.6 is 0 Å². The van der Waals surface area contributed by atoms with Crippen LogP contribution in [0.25, 0.3) is 0 Å². The molecule has 20 heavy (non-hydrogen) atoms. The maximum absolute atomic E-state index is 12.3. The van der Waals surface area contributed by atoms with Gasteiger partial charge in [0.05, 0.1) is 32.0 Å². The van der Waals surface area contributed by atoms with Crippen molar-refractivity contribution in [3.05, 3.63) is 24.2 Å². The van der Waals surface area contributed by atoms with E-state index in [1.165, 1.54) is 6.26 Å². The lowest BCUT2D eigenvalue weighted by Crippen LogP contribution is -2.43. The predicted molar refractivity (Wildman–Crippen MR) is 64.8 cm³/mol. The van der Waals surface area contributed by atoms with Crippen molar-refractivity contribution in [2.45, 2.75) is 19.1 Å². The molecular weight excluding hydrogens is 277 g/mol. The zero-order valence-corrected chi connectivity index (χ0v) is 11.0. The molecular formula is C12H17F3N2O3. The Morgan fingerprint density at radius 1 is 1.55 bits per heavy atom. The van der Waals surface area contributed by atoms with E-state index in [0.717, 1.165) is 4.90 Å². The molecule has 0 radical (unpaired) electrons. The molecule has 1 amide bonds. The van der Waals surface area contributed by atoms with Gasteiger partial charge in [-0.05, 0) is 19.1 Å². The summed E-state index contributed by atoms with van der Waals surface area (Å²) in [4.78, 5) is 12.5. The summed E-state index contributed by atoms with van der Waals surface area (Å²) in [5, 5.41) is 11.3. The summed E-state index contributed by atoms with van der Waals surface area (Å²) in [6.07, 6.45) is -2.97. The van der Waals surface area contributed by atoms with E-state index >= 15 is 0 Å². The number of rotatable bonds is 7. The van der Waals surface area contributed by atoms with Gasteiger partial charge >= 0.3 is 6.18 Å². The number of halogens is 3. The molecule has 1 heterocycles. The van der Waals surface area contributed by atoms with Crippen LogP contribution in [0.2, 0.25) is 0 Å². The summed E-state index contributed by atoms with van der Waals surface area (Å²) in [6.45, 7) is -0.683. The van der Waals surface area contributed by atoms with E-state index in [1.54, 1.807) is 19.1 Å². The average Bonchev–Trinajstić information content (AvgIpc) is 2.79. The number of amides is 1. The van der Waals surface area contributed by atoms with Gasteiger partial charge in [-0.25, -0.2) is 0 Å². The first kappa shape index (κ1) is 16.5. The van der Waals surface area contributed by atoms with Crippen LogP contribution in [0.4, 0.5) is 13.2 Å². The van der Waals surface area contributed by atoms with Gasteiger partial charge in [0.1, 0.15) is 5.76 Å². The highest BCUT2D eigenvalue weighted by molar-refractivity contribution is 5.78. The van der Waals surface area contributed by atoms with E-state index in [0.29, 0.717) is 5.76 Å². The maximum Gasteiger partial charge on any atom is 0.401 e. The molecule has 0 aliphatic carbocycles. The molecule has 1 rings (SSSR count). The lowest BCUT2D eigenvalue weighted by atomic mass is 10.2. The number of aliphatic hydroxyl groups is 1. The van der Waals surface area contributed by atoms with Crippen molar-refractivity contribution in [2.75, 3.05) is 26.2 Å². The lowest BCUT2D eigenvalue weighted by molar-refractivity contribution is -0.149. The Bertz CT molecular complexity index is 407. The SMILES string of the molecule is CC(NC(=O)CN(CCO)CC(F)(F)F)c1ccco1. The smallest absolute Gasteiger partial charge is 0.401 e. The molecule has 5 nitrogen and oxygen atoms in total. The van der Waals surface area contributed by atoms with Crippen LogP contribution in [0.3, 0.4) is 0 Å². The number of carbonyl (C=O) groups excluding carboxylic acids is 1. The fourth-order valence-electron chi connectivity index (χ4n) is 1.71. The highest BCUT2D eigenvalue weighted by atomic mass is 19.4. The molecule has 0 saturated carbocycles. The molecule has 0 aliphatic heterocycles. The van der Waals surface area contributed by atoms with Gasteiger partial charge in [-0.3, -0.25) is 9.69 Å². The molecule has 0 spiro atoms. The fraction of sp³-hybridized carbons (Fsp3) is 0.583. The van der Waals surface area contributed by atoms with Crippen molar-refractivity contribution in [1.82, 2.24) is 10.2 Å². The van der Waals surface area contributed by atoms with Crippen molar-refractivity contribution < 1.29 is 27.5 Å². The standard InChI is InChI=1S/C12H17F3N2O3/c1-9(10-3-2-6-20-10)16-11(19)7-17(4-5-18)8-12(13,14)15/h2-3,6,9,18H,4-5,7-8H2,1H3,(H,16,19). The molecule has 2 N–H and O–H groups in total. The van der Waals surface area contributed by atoms with Gasteiger partial charge in [-0.15, -0.1) is 0 Å². The second-order valence-corrected chi connectivity index (χ2v) is 4.35. The first-order valence-electron chi connectivity index (χ1n) is 6.04. The number of nitrogens with one attached hydrogen (secondary N) is 1. The Morgan fingerprint density at radius 2 is 2.25 bits per heavy atom. The summed E-state index contributed by atoms with van der Waals surface area (Å²) >= 11 is 0. The van der Waals surface area contributed by atoms with Gasteiger partial charge in [-0.1, -0.05) is 0 Å². The first-order chi connectivity index (χ1) is 9.31. The minimum Gasteiger partial charge on any atom is -0.467 e. The second-order valence-electron chi connectivity index (χ2n) is 4.35. The average molecular weight is 294 g/mol. The second kappa shape index (κ2) is 7.30. The van der Waals surface area contributed by atoms with Gasteiger partial charge < -0.3 is 14.8 Å². The highest BCUT2D eigenvalue weighted by Crippen LogP contribution is 2.16. The van der Waals surface area contributed by atoms with Gasteiger partial charge in [-0.2, -0.15) is 13.2 Å². The van der Waals surface area contributed by atoms with Gasteiger partial charge in [0.2, 0.25) is 5.91 Å². The summed E-state index contributed by atoms with van der Waals surface area (Å²) in [5.41, 5.74) is 0. The van der Waals surface area contributed by atoms with Crippen LogP contribution in [0.1, 0.15) is 18.7 Å². The normalized spacial score (nSPS) is 13.5. The largest absolute Gasteiger partial charge is 0.467 e. The molecule has 1 unspecified atom stereocenters. The van der Waals surface area contributed by atoms with Crippen molar-refractivity contribution in [1.29, 1.82) is 0 Å². The van der Waals surface area contributed by atoms with Gasteiger partial charge in [0.15, 0.2) is 0 Å². The summed E-state index contributed by atoms with van der Waals surface area (Å²) in [5.74, 6) is -0.0468. The van der Waals surface area contributed by atoms with E-state index in [-0.39, 0.29) is 6.54 Å². The van der Waals surface area contributed by atoms with Crippen LogP contribution < -0.4 is 5.32 Å². The first-order valence-corrected chi connectivity index (χ1v) is 6.04. The zero-order valence-electron chi connectivity index (χ0n) is 11.0. The number of carbonyl (C=O) groups is 1. The lowest BCUT2D eigenvalue weighted by Gasteiger charge is -2.22. The van der Waals surface area contributed by atoms with Crippen LogP contribution in [0.5, 0.6) is 0 Å². The zero-order chi connectivity index (χ0) is 15.2. The monoisotopic (exact) mass is 294 g/mol. The minimum atomic E-state index is -4.41. The molecule has 0 fully saturated rings. The number of nitrogens with zero attached hydrogens (tertiary/aromatic N) is 1. The van der Waals surface area contributed by atoms with Crippen molar-refractivity contribution in [2.24, 2.45) is 0 Å². The van der Waals surface area contributed by atoms with Crippen molar-refractivity contribution in [3.63, 3.8) is 0 Å². The van der Waals surface area contributed by atoms with E-state index in [2.05, 4.69) is 5.32 Å². The summed E-state index contributed by atoms with van der Waals surface area (Å²) in [6, 6.07) is 2.88. The van der Waals surface area contributed by atoms with Crippen LogP contribution in [0, 0.1) is 0 Å². The van der Waals surface area contributed by atoms with Crippen LogP contribution in [-0.2, 0) is 4.79 Å². The molecule has 114 valence electrons.